The van der Waals surface area contributed by atoms with Crippen LogP contribution < -0.4 is 5.32 Å². The lowest BCUT2D eigenvalue weighted by atomic mass is 10.2. The van der Waals surface area contributed by atoms with E-state index in [1.54, 1.807) is 31.3 Å². The van der Waals surface area contributed by atoms with Crippen LogP contribution in [0.15, 0.2) is 33.7 Å². The molecule has 0 atom stereocenters. The molecule has 0 amide bonds. The van der Waals surface area contributed by atoms with Gasteiger partial charge in [0.15, 0.2) is 0 Å². The minimum Gasteiger partial charge on any atom is -0.381 e. The first-order chi connectivity index (χ1) is 11.4. The summed E-state index contributed by atoms with van der Waals surface area (Å²) in [4.78, 5) is 0.309. The summed E-state index contributed by atoms with van der Waals surface area (Å²) >= 11 is 0. The molecule has 0 radical (unpaired) electrons. The van der Waals surface area contributed by atoms with Crippen LogP contribution in [0.5, 0.6) is 0 Å². The molecule has 0 unspecified atom stereocenters. The monoisotopic (exact) mass is 351 g/mol. The number of hydrogen-bond acceptors (Lipinski definition) is 5. The fourth-order valence-electron chi connectivity index (χ4n) is 2.37. The average Bonchev–Trinajstić information content (AvgIpc) is 2.89. The standard InChI is InChI=1S/C17H25N3O3S/c1-5-6-11-20(4)24(21,22)16-9-7-15(8-10-16)18-12-17-13(2)19-23-14(17)3/h7-10,18H,5-6,11-12H2,1-4H3. The summed E-state index contributed by atoms with van der Waals surface area (Å²) < 4.78 is 31.5. The van der Waals surface area contributed by atoms with Crippen molar-refractivity contribution in [3.63, 3.8) is 0 Å². The minimum atomic E-state index is -3.42. The fourth-order valence-corrected chi connectivity index (χ4v) is 3.58. The lowest BCUT2D eigenvalue weighted by Gasteiger charge is -2.17. The van der Waals surface area contributed by atoms with E-state index in [1.807, 2.05) is 20.8 Å². The van der Waals surface area contributed by atoms with Gasteiger partial charge in [0.05, 0.1) is 10.6 Å². The first-order valence-electron chi connectivity index (χ1n) is 8.08. The Kier molecular flexibility index (Phi) is 6.01. The predicted octanol–water partition coefficient (Wildman–Crippen LogP) is 3.32. The second-order valence-electron chi connectivity index (χ2n) is 5.86. The van der Waals surface area contributed by atoms with Gasteiger partial charge in [0.2, 0.25) is 10.0 Å². The lowest BCUT2D eigenvalue weighted by molar-refractivity contribution is 0.392. The van der Waals surface area contributed by atoms with E-state index in [0.29, 0.717) is 18.0 Å². The molecule has 132 valence electrons. The van der Waals surface area contributed by atoms with E-state index < -0.39 is 10.0 Å². The molecule has 1 heterocycles. The normalized spacial score (nSPS) is 11.9. The largest absolute Gasteiger partial charge is 0.381 e. The third-order valence-electron chi connectivity index (χ3n) is 4.04. The smallest absolute Gasteiger partial charge is 0.242 e. The van der Waals surface area contributed by atoms with Crippen molar-refractivity contribution in [2.24, 2.45) is 0 Å². The van der Waals surface area contributed by atoms with Crippen LogP contribution in [0.3, 0.4) is 0 Å². The number of unbranched alkanes of at least 4 members (excludes halogenated alkanes) is 1. The van der Waals surface area contributed by atoms with Gasteiger partial charge in [-0.2, -0.15) is 0 Å². The zero-order valence-corrected chi connectivity index (χ0v) is 15.5. The summed E-state index contributed by atoms with van der Waals surface area (Å²) in [5.41, 5.74) is 2.73. The van der Waals surface area contributed by atoms with E-state index in [0.717, 1.165) is 35.5 Å². The van der Waals surface area contributed by atoms with Gasteiger partial charge >= 0.3 is 0 Å². The van der Waals surface area contributed by atoms with Crippen molar-refractivity contribution in [3.05, 3.63) is 41.3 Å². The van der Waals surface area contributed by atoms with Gasteiger partial charge in [-0.05, 0) is 44.5 Å². The topological polar surface area (TPSA) is 75.4 Å². The van der Waals surface area contributed by atoms with E-state index >= 15 is 0 Å². The molecule has 2 aromatic rings. The van der Waals surface area contributed by atoms with Crippen LogP contribution >= 0.6 is 0 Å². The SMILES string of the molecule is CCCCN(C)S(=O)(=O)c1ccc(NCc2c(C)noc2C)cc1. The Morgan fingerprint density at radius 3 is 2.42 bits per heavy atom. The Labute approximate surface area is 143 Å². The Hall–Kier alpha value is -1.86. The Bertz CT molecular complexity index is 747. The molecule has 0 saturated carbocycles. The van der Waals surface area contributed by atoms with Gasteiger partial charge < -0.3 is 9.84 Å². The number of aryl methyl sites for hydroxylation is 2. The molecule has 0 fully saturated rings. The van der Waals surface area contributed by atoms with E-state index in [1.165, 1.54) is 4.31 Å². The molecule has 0 aliphatic rings. The highest BCUT2D eigenvalue weighted by molar-refractivity contribution is 7.89. The number of nitrogens with zero attached hydrogens (tertiary/aromatic N) is 2. The van der Waals surface area contributed by atoms with Crippen molar-refractivity contribution >= 4 is 15.7 Å². The second-order valence-corrected chi connectivity index (χ2v) is 7.91. The molecule has 0 bridgehead atoms. The van der Waals surface area contributed by atoms with Gasteiger partial charge in [0.25, 0.3) is 0 Å². The molecule has 1 aromatic carbocycles. The number of sulfonamides is 1. The van der Waals surface area contributed by atoms with Crippen LogP contribution in [-0.4, -0.2) is 31.5 Å². The van der Waals surface area contributed by atoms with Gasteiger partial charge in [0, 0.05) is 31.4 Å². The van der Waals surface area contributed by atoms with Gasteiger partial charge in [-0.1, -0.05) is 18.5 Å². The van der Waals surface area contributed by atoms with Crippen LogP contribution in [0.2, 0.25) is 0 Å². The number of rotatable bonds is 8. The molecule has 0 aliphatic carbocycles. The summed E-state index contributed by atoms with van der Waals surface area (Å²) in [5, 5.41) is 7.18. The summed E-state index contributed by atoms with van der Waals surface area (Å²) in [6.07, 6.45) is 1.82. The zero-order chi connectivity index (χ0) is 17.7. The third kappa shape index (κ3) is 4.15. The molecule has 0 saturated heterocycles. The molecule has 2 rings (SSSR count). The molecule has 1 N–H and O–H groups in total. The summed E-state index contributed by atoms with van der Waals surface area (Å²) in [6.45, 7) is 6.93. The molecule has 0 spiro atoms. The molecule has 6 nitrogen and oxygen atoms in total. The highest BCUT2D eigenvalue weighted by atomic mass is 32.2. The maximum Gasteiger partial charge on any atom is 0.242 e. The first-order valence-corrected chi connectivity index (χ1v) is 9.52. The summed E-state index contributed by atoms with van der Waals surface area (Å²) in [5.74, 6) is 0.789. The highest BCUT2D eigenvalue weighted by Gasteiger charge is 2.19. The number of aromatic nitrogens is 1. The van der Waals surface area contributed by atoms with Gasteiger partial charge in [0.1, 0.15) is 5.76 Å². The number of benzene rings is 1. The predicted molar refractivity (Wildman–Crippen MR) is 94.5 cm³/mol. The number of hydrogen-bond donors (Lipinski definition) is 1. The van der Waals surface area contributed by atoms with Crippen LogP contribution in [-0.2, 0) is 16.6 Å². The van der Waals surface area contributed by atoms with E-state index in [2.05, 4.69) is 10.5 Å². The van der Waals surface area contributed by atoms with E-state index in [4.69, 9.17) is 4.52 Å². The Morgan fingerprint density at radius 2 is 1.88 bits per heavy atom. The van der Waals surface area contributed by atoms with Crippen molar-refractivity contribution < 1.29 is 12.9 Å². The molecule has 24 heavy (non-hydrogen) atoms. The quantitative estimate of drug-likeness (QED) is 0.789. The minimum absolute atomic E-state index is 0.309. The highest BCUT2D eigenvalue weighted by Crippen LogP contribution is 2.19. The maximum absolute atomic E-state index is 12.5. The van der Waals surface area contributed by atoms with Crippen molar-refractivity contribution in [1.29, 1.82) is 0 Å². The maximum atomic E-state index is 12.5. The molecular weight excluding hydrogens is 326 g/mol. The average molecular weight is 351 g/mol. The Morgan fingerprint density at radius 1 is 1.21 bits per heavy atom. The van der Waals surface area contributed by atoms with Crippen molar-refractivity contribution in [2.45, 2.75) is 45.1 Å². The summed E-state index contributed by atoms with van der Waals surface area (Å²) in [6, 6.07) is 6.82. The van der Waals surface area contributed by atoms with E-state index in [-0.39, 0.29) is 0 Å². The molecule has 7 heteroatoms. The van der Waals surface area contributed by atoms with Crippen LogP contribution in [0.25, 0.3) is 0 Å². The van der Waals surface area contributed by atoms with Crippen LogP contribution in [0.1, 0.15) is 36.8 Å². The van der Waals surface area contributed by atoms with Gasteiger partial charge in [-0.3, -0.25) is 0 Å². The molecular formula is C17H25N3O3S. The number of nitrogens with one attached hydrogen (secondary N) is 1. The fraction of sp³-hybridized carbons (Fsp3) is 0.471. The Balaban J connectivity index is 2.05. The summed E-state index contributed by atoms with van der Waals surface area (Å²) in [7, 11) is -1.80. The first kappa shape index (κ1) is 18.5. The third-order valence-corrected chi connectivity index (χ3v) is 5.91. The van der Waals surface area contributed by atoms with E-state index in [9.17, 15) is 8.42 Å². The van der Waals surface area contributed by atoms with Gasteiger partial charge in [-0.25, -0.2) is 12.7 Å². The van der Waals surface area contributed by atoms with Crippen molar-refractivity contribution in [1.82, 2.24) is 9.46 Å². The van der Waals surface area contributed by atoms with Crippen LogP contribution in [0.4, 0.5) is 5.69 Å². The number of anilines is 1. The van der Waals surface area contributed by atoms with Crippen LogP contribution in [0, 0.1) is 13.8 Å². The lowest BCUT2D eigenvalue weighted by Crippen LogP contribution is -2.27. The van der Waals surface area contributed by atoms with Gasteiger partial charge in [-0.15, -0.1) is 0 Å². The molecule has 0 aliphatic heterocycles. The molecule has 1 aromatic heterocycles. The van der Waals surface area contributed by atoms with Crippen molar-refractivity contribution in [2.75, 3.05) is 18.9 Å². The zero-order valence-electron chi connectivity index (χ0n) is 14.7. The second kappa shape index (κ2) is 7.81. The van der Waals surface area contributed by atoms with Crippen molar-refractivity contribution in [3.8, 4) is 0 Å².